The lowest BCUT2D eigenvalue weighted by Gasteiger charge is -2.00. The highest BCUT2D eigenvalue weighted by atomic mass is 16.1. The number of amides is 1. The van der Waals surface area contributed by atoms with E-state index in [0.29, 0.717) is 13.0 Å². The van der Waals surface area contributed by atoms with Crippen LogP contribution in [0.15, 0.2) is 10.3 Å². The van der Waals surface area contributed by atoms with Crippen LogP contribution in [0.1, 0.15) is 6.92 Å². The summed E-state index contributed by atoms with van der Waals surface area (Å²) in [6, 6.07) is 1.77. The summed E-state index contributed by atoms with van der Waals surface area (Å²) in [5.74, 6) is 0. The lowest BCUT2D eigenvalue weighted by Crippen LogP contribution is -2.14. The van der Waals surface area contributed by atoms with Crippen molar-refractivity contribution in [2.75, 3.05) is 13.1 Å². The molecule has 54 valence electrons. The zero-order valence-corrected chi connectivity index (χ0v) is 5.69. The van der Waals surface area contributed by atoms with Crippen LogP contribution in [-0.4, -0.2) is 24.5 Å². The Bertz CT molecular complexity index is 160. The number of carbonyl (C=O) groups is 1. The van der Waals surface area contributed by atoms with E-state index < -0.39 is 0 Å². The van der Waals surface area contributed by atoms with E-state index in [1.54, 1.807) is 13.0 Å². The van der Waals surface area contributed by atoms with E-state index in [2.05, 4.69) is 10.3 Å². The van der Waals surface area contributed by atoms with Crippen LogP contribution in [0.2, 0.25) is 0 Å². The minimum Gasteiger partial charge on any atom is -0.277 e. The highest BCUT2D eigenvalue weighted by Gasteiger charge is 1.93. The van der Waals surface area contributed by atoms with E-state index in [0.717, 1.165) is 5.01 Å². The molecule has 0 spiro atoms. The molecule has 5 nitrogen and oxygen atoms in total. The topological polar surface area (TPSA) is 68.8 Å². The predicted octanol–water partition coefficient (Wildman–Crippen LogP) is 0.355. The second kappa shape index (κ2) is 5.69. The van der Waals surface area contributed by atoms with Crippen LogP contribution >= 0.6 is 0 Å². The number of nitriles is 1. The number of hydrogen-bond acceptors (Lipinski definition) is 4. The Kier molecular flexibility index (Phi) is 4.87. The van der Waals surface area contributed by atoms with E-state index in [1.165, 1.54) is 0 Å². The number of nitrogens with zero attached hydrogens (tertiary/aromatic N) is 4. The molecule has 0 unspecified atom stereocenters. The maximum Gasteiger partial charge on any atom is 0.232 e. The average molecular weight is 140 g/mol. The molecule has 10 heavy (non-hydrogen) atoms. The van der Waals surface area contributed by atoms with Gasteiger partial charge in [-0.2, -0.15) is 10.4 Å². The van der Waals surface area contributed by atoms with Crippen LogP contribution in [0.5, 0.6) is 0 Å². The Morgan fingerprint density at radius 3 is 2.90 bits per heavy atom. The monoisotopic (exact) mass is 140 g/mol. The molecule has 0 rings (SSSR count). The molecule has 0 aromatic rings. The van der Waals surface area contributed by atoms with Crippen molar-refractivity contribution in [3.63, 3.8) is 0 Å². The van der Waals surface area contributed by atoms with Gasteiger partial charge in [0.2, 0.25) is 6.41 Å². The molecule has 0 aliphatic rings. The largest absolute Gasteiger partial charge is 0.277 e. The number of carbonyl (C=O) groups excluding carboxylic acids is 1. The summed E-state index contributed by atoms with van der Waals surface area (Å²) < 4.78 is 0. The molecule has 0 N–H and O–H groups in total. The van der Waals surface area contributed by atoms with Gasteiger partial charge in [0.25, 0.3) is 0 Å². The van der Waals surface area contributed by atoms with E-state index >= 15 is 0 Å². The normalized spacial score (nSPS) is 9.20. The first kappa shape index (κ1) is 8.56. The van der Waals surface area contributed by atoms with Crippen molar-refractivity contribution >= 4 is 6.41 Å². The van der Waals surface area contributed by atoms with Crippen LogP contribution in [0, 0.1) is 11.3 Å². The zero-order valence-electron chi connectivity index (χ0n) is 5.69. The summed E-state index contributed by atoms with van der Waals surface area (Å²) in [5, 5.41) is 16.0. The highest BCUT2D eigenvalue weighted by molar-refractivity contribution is 5.46. The Hall–Kier alpha value is -1.44. The van der Waals surface area contributed by atoms with E-state index in [4.69, 9.17) is 5.26 Å². The third-order valence-electron chi connectivity index (χ3n) is 0.674. The lowest BCUT2D eigenvalue weighted by atomic mass is 10.7. The molecule has 0 atom stereocenters. The van der Waals surface area contributed by atoms with Gasteiger partial charge in [0.15, 0.2) is 0 Å². The molecule has 0 saturated carbocycles. The SMILES string of the molecule is CC/N=N/N(C=O)CC#N. The Morgan fingerprint density at radius 2 is 2.50 bits per heavy atom. The predicted molar refractivity (Wildman–Crippen MR) is 33.8 cm³/mol. The molecule has 1 amide bonds. The third kappa shape index (κ3) is 3.55. The Labute approximate surface area is 58.9 Å². The molecular weight excluding hydrogens is 132 g/mol. The van der Waals surface area contributed by atoms with Crippen LogP contribution in [0.25, 0.3) is 0 Å². The first-order valence-corrected chi connectivity index (χ1v) is 2.81. The van der Waals surface area contributed by atoms with Crippen molar-refractivity contribution in [3.05, 3.63) is 0 Å². The zero-order chi connectivity index (χ0) is 7.82. The first-order chi connectivity index (χ1) is 4.85. The van der Waals surface area contributed by atoms with Crippen molar-refractivity contribution in [1.29, 1.82) is 5.26 Å². The van der Waals surface area contributed by atoms with Crippen molar-refractivity contribution in [2.45, 2.75) is 6.92 Å². The third-order valence-corrected chi connectivity index (χ3v) is 0.674. The van der Waals surface area contributed by atoms with E-state index in [1.807, 2.05) is 0 Å². The van der Waals surface area contributed by atoms with Gasteiger partial charge in [0.05, 0.1) is 12.6 Å². The minimum absolute atomic E-state index is 0.0486. The molecule has 0 aromatic heterocycles. The van der Waals surface area contributed by atoms with E-state index in [-0.39, 0.29) is 6.54 Å². The summed E-state index contributed by atoms with van der Waals surface area (Å²) in [6.07, 6.45) is 0.461. The van der Waals surface area contributed by atoms with Crippen molar-refractivity contribution < 1.29 is 4.79 Å². The summed E-state index contributed by atoms with van der Waals surface area (Å²) in [5.41, 5.74) is 0. The molecule has 0 fully saturated rings. The van der Waals surface area contributed by atoms with E-state index in [9.17, 15) is 4.79 Å². The molecule has 0 heterocycles. The molecule has 0 aliphatic heterocycles. The van der Waals surface area contributed by atoms with Gasteiger partial charge in [0, 0.05) is 0 Å². The summed E-state index contributed by atoms with van der Waals surface area (Å²) in [7, 11) is 0. The van der Waals surface area contributed by atoms with Crippen LogP contribution in [-0.2, 0) is 4.79 Å². The highest BCUT2D eigenvalue weighted by Crippen LogP contribution is 1.83. The molecule has 0 saturated heterocycles. The quantitative estimate of drug-likeness (QED) is 0.245. The first-order valence-electron chi connectivity index (χ1n) is 2.81. The molecule has 0 bridgehead atoms. The fourth-order valence-corrected chi connectivity index (χ4v) is 0.307. The Balaban J connectivity index is 3.73. The number of rotatable bonds is 4. The molecule has 5 heteroatoms. The summed E-state index contributed by atoms with van der Waals surface area (Å²) in [4.78, 5) is 10.0. The van der Waals surface area contributed by atoms with Crippen molar-refractivity contribution in [1.82, 2.24) is 5.01 Å². The molecule has 0 radical (unpaired) electrons. The van der Waals surface area contributed by atoms with Crippen LogP contribution < -0.4 is 0 Å². The second-order valence-electron chi connectivity index (χ2n) is 1.41. The van der Waals surface area contributed by atoms with Crippen LogP contribution in [0.3, 0.4) is 0 Å². The summed E-state index contributed by atoms with van der Waals surface area (Å²) >= 11 is 0. The molecular formula is C5H8N4O. The lowest BCUT2D eigenvalue weighted by molar-refractivity contribution is -0.118. The van der Waals surface area contributed by atoms with Crippen molar-refractivity contribution in [3.8, 4) is 6.07 Å². The van der Waals surface area contributed by atoms with Gasteiger partial charge in [-0.15, -0.1) is 0 Å². The van der Waals surface area contributed by atoms with Crippen molar-refractivity contribution in [2.24, 2.45) is 10.3 Å². The fourth-order valence-electron chi connectivity index (χ4n) is 0.307. The Morgan fingerprint density at radius 1 is 1.80 bits per heavy atom. The van der Waals surface area contributed by atoms with Gasteiger partial charge in [-0.1, -0.05) is 5.22 Å². The molecule has 0 aromatic carbocycles. The van der Waals surface area contributed by atoms with Gasteiger partial charge in [-0.05, 0) is 6.92 Å². The smallest absolute Gasteiger partial charge is 0.232 e. The van der Waals surface area contributed by atoms with Crippen LogP contribution in [0.4, 0.5) is 0 Å². The average Bonchev–Trinajstić information content (AvgIpc) is 1.98. The fraction of sp³-hybridized carbons (Fsp3) is 0.600. The molecule has 0 aliphatic carbocycles. The maximum atomic E-state index is 10.0. The maximum absolute atomic E-state index is 10.0. The standard InChI is InChI=1S/C5H8N4O/c1-2-7-8-9(5-10)4-3-6/h5H,2,4H2,1H3/b8-7+. The minimum atomic E-state index is -0.0486. The van der Waals surface area contributed by atoms with Gasteiger partial charge >= 0.3 is 0 Å². The second-order valence-corrected chi connectivity index (χ2v) is 1.41. The van der Waals surface area contributed by atoms with Gasteiger partial charge in [-0.25, -0.2) is 5.01 Å². The van der Waals surface area contributed by atoms with Gasteiger partial charge in [-0.3, -0.25) is 4.79 Å². The summed E-state index contributed by atoms with van der Waals surface area (Å²) in [6.45, 7) is 2.25. The van der Waals surface area contributed by atoms with Gasteiger partial charge in [0.1, 0.15) is 6.54 Å². The van der Waals surface area contributed by atoms with Gasteiger partial charge < -0.3 is 0 Å². The number of hydrogen-bond donors (Lipinski definition) is 0.